The molecule has 0 spiro atoms. The van der Waals surface area contributed by atoms with Gasteiger partial charge in [-0.15, -0.1) is 0 Å². The van der Waals surface area contributed by atoms with Crippen LogP contribution in [-0.4, -0.2) is 59.7 Å². The zero-order chi connectivity index (χ0) is 17.8. The summed E-state index contributed by atoms with van der Waals surface area (Å²) in [6.45, 7) is 5.03. The fourth-order valence-electron chi connectivity index (χ4n) is 3.30. The molecule has 0 amide bonds. The van der Waals surface area contributed by atoms with Crippen LogP contribution < -0.4 is 9.64 Å². The molecule has 3 heterocycles. The van der Waals surface area contributed by atoms with Crippen molar-refractivity contribution in [3.05, 3.63) is 42.5 Å². The number of hydrogen-bond acceptors (Lipinski definition) is 7. The lowest BCUT2D eigenvalue weighted by molar-refractivity contribution is 0.252. The average Bonchev–Trinajstić information content (AvgIpc) is 3.11. The van der Waals surface area contributed by atoms with Gasteiger partial charge >= 0.3 is 0 Å². The van der Waals surface area contributed by atoms with E-state index < -0.39 is 0 Å². The average molecular weight is 353 g/mol. The van der Waals surface area contributed by atoms with Gasteiger partial charge in [0.25, 0.3) is 0 Å². The highest BCUT2D eigenvalue weighted by molar-refractivity contribution is 5.72. The van der Waals surface area contributed by atoms with Crippen LogP contribution in [0.15, 0.2) is 41.1 Å². The zero-order valence-electron chi connectivity index (χ0n) is 15.0. The van der Waals surface area contributed by atoms with Crippen LogP contribution in [0, 0.1) is 0 Å². The van der Waals surface area contributed by atoms with Crippen LogP contribution in [0.25, 0.3) is 11.1 Å². The molecule has 0 bridgehead atoms. The largest absolute Gasteiger partial charge is 0.481 e. The van der Waals surface area contributed by atoms with Gasteiger partial charge in [-0.3, -0.25) is 4.90 Å². The van der Waals surface area contributed by atoms with Gasteiger partial charge < -0.3 is 14.1 Å². The highest BCUT2D eigenvalue weighted by Gasteiger charge is 2.18. The van der Waals surface area contributed by atoms with Crippen molar-refractivity contribution in [1.82, 2.24) is 19.9 Å². The molecule has 0 aliphatic carbocycles. The van der Waals surface area contributed by atoms with E-state index in [4.69, 9.17) is 9.15 Å². The Morgan fingerprint density at radius 3 is 2.77 bits per heavy atom. The number of fused-ring (bicyclic) bond motifs is 1. The fourth-order valence-corrected chi connectivity index (χ4v) is 3.30. The molecule has 7 heteroatoms. The summed E-state index contributed by atoms with van der Waals surface area (Å²) >= 11 is 0. The fraction of sp³-hybridized carbons (Fsp3) is 0.421. The first kappa shape index (κ1) is 16.8. The number of anilines is 1. The highest BCUT2D eigenvalue weighted by Crippen LogP contribution is 2.18. The van der Waals surface area contributed by atoms with Crippen LogP contribution in [0.2, 0.25) is 0 Å². The lowest BCUT2D eigenvalue weighted by Gasteiger charge is -2.35. The van der Waals surface area contributed by atoms with Gasteiger partial charge in [0.05, 0.1) is 7.11 Å². The van der Waals surface area contributed by atoms with Gasteiger partial charge in [0, 0.05) is 38.7 Å². The lowest BCUT2D eigenvalue weighted by atomic mass is 10.2. The molecule has 1 aliphatic heterocycles. The minimum atomic E-state index is 0.607. The van der Waals surface area contributed by atoms with Crippen molar-refractivity contribution in [1.29, 1.82) is 0 Å². The SMILES string of the molecule is COc1cc(N2CCN(CCCc3nc4ccccc4o3)CC2)ncn1. The van der Waals surface area contributed by atoms with Gasteiger partial charge in [0.15, 0.2) is 11.5 Å². The Hall–Kier alpha value is -2.67. The van der Waals surface area contributed by atoms with Crippen LogP contribution in [0.1, 0.15) is 12.3 Å². The maximum absolute atomic E-state index is 5.79. The molecular weight excluding hydrogens is 330 g/mol. The number of hydrogen-bond donors (Lipinski definition) is 0. The van der Waals surface area contributed by atoms with E-state index in [2.05, 4.69) is 24.8 Å². The molecule has 7 nitrogen and oxygen atoms in total. The van der Waals surface area contributed by atoms with E-state index in [1.165, 1.54) is 0 Å². The molecule has 1 saturated heterocycles. The highest BCUT2D eigenvalue weighted by atomic mass is 16.5. The maximum Gasteiger partial charge on any atom is 0.218 e. The van der Waals surface area contributed by atoms with Crippen molar-refractivity contribution in [2.45, 2.75) is 12.8 Å². The predicted octanol–water partition coefficient (Wildman–Crippen LogP) is 2.38. The molecule has 0 atom stereocenters. The van der Waals surface area contributed by atoms with Crippen LogP contribution in [0.5, 0.6) is 5.88 Å². The second-order valence-electron chi connectivity index (χ2n) is 6.43. The van der Waals surface area contributed by atoms with E-state index in [0.717, 1.165) is 68.4 Å². The van der Waals surface area contributed by atoms with Crippen LogP contribution in [-0.2, 0) is 6.42 Å². The monoisotopic (exact) mass is 353 g/mol. The summed E-state index contributed by atoms with van der Waals surface area (Å²) in [5, 5.41) is 0. The number of ether oxygens (including phenoxy) is 1. The number of aromatic nitrogens is 3. The molecule has 2 aromatic heterocycles. The van der Waals surface area contributed by atoms with Crippen molar-refractivity contribution in [2.24, 2.45) is 0 Å². The Morgan fingerprint density at radius 1 is 1.12 bits per heavy atom. The smallest absolute Gasteiger partial charge is 0.218 e. The summed E-state index contributed by atoms with van der Waals surface area (Å²) in [6, 6.07) is 9.81. The molecule has 0 saturated carbocycles. The number of para-hydroxylation sites is 2. The molecule has 1 fully saturated rings. The number of piperazine rings is 1. The van der Waals surface area contributed by atoms with E-state index in [-0.39, 0.29) is 0 Å². The molecule has 0 N–H and O–H groups in total. The molecule has 26 heavy (non-hydrogen) atoms. The van der Waals surface area contributed by atoms with Gasteiger partial charge in [-0.1, -0.05) is 12.1 Å². The summed E-state index contributed by atoms with van der Waals surface area (Å²) < 4.78 is 11.0. The zero-order valence-corrected chi connectivity index (χ0v) is 15.0. The number of nitrogens with zero attached hydrogens (tertiary/aromatic N) is 5. The van der Waals surface area contributed by atoms with Crippen LogP contribution in [0.3, 0.4) is 0 Å². The van der Waals surface area contributed by atoms with Gasteiger partial charge in [-0.25, -0.2) is 15.0 Å². The van der Waals surface area contributed by atoms with Crippen LogP contribution in [0.4, 0.5) is 5.82 Å². The summed E-state index contributed by atoms with van der Waals surface area (Å²) in [7, 11) is 1.63. The van der Waals surface area contributed by atoms with Gasteiger partial charge in [0.1, 0.15) is 17.7 Å². The molecule has 1 aromatic carbocycles. The Morgan fingerprint density at radius 2 is 1.96 bits per heavy atom. The number of benzene rings is 1. The molecule has 4 rings (SSSR count). The first-order chi connectivity index (χ1) is 12.8. The van der Waals surface area contributed by atoms with E-state index in [1.54, 1.807) is 13.4 Å². The Kier molecular flexibility index (Phi) is 4.97. The lowest BCUT2D eigenvalue weighted by Crippen LogP contribution is -2.47. The second-order valence-corrected chi connectivity index (χ2v) is 6.43. The van der Waals surface area contributed by atoms with Crippen LogP contribution >= 0.6 is 0 Å². The molecule has 3 aromatic rings. The van der Waals surface area contributed by atoms with Gasteiger partial charge in [-0.05, 0) is 25.1 Å². The molecule has 0 unspecified atom stereocenters. The third kappa shape index (κ3) is 3.77. The van der Waals surface area contributed by atoms with Crippen molar-refractivity contribution < 1.29 is 9.15 Å². The Balaban J connectivity index is 1.25. The van der Waals surface area contributed by atoms with E-state index >= 15 is 0 Å². The quantitative estimate of drug-likeness (QED) is 0.674. The second kappa shape index (κ2) is 7.70. The minimum absolute atomic E-state index is 0.607. The summed E-state index contributed by atoms with van der Waals surface area (Å²) in [5.74, 6) is 2.37. The number of methoxy groups -OCH3 is 1. The third-order valence-electron chi connectivity index (χ3n) is 4.74. The van der Waals surface area contributed by atoms with E-state index in [0.29, 0.717) is 5.88 Å². The maximum atomic E-state index is 5.79. The molecular formula is C19H23N5O2. The first-order valence-electron chi connectivity index (χ1n) is 8.99. The number of aryl methyl sites for hydroxylation is 1. The predicted molar refractivity (Wildman–Crippen MR) is 99.6 cm³/mol. The number of oxazole rings is 1. The topological polar surface area (TPSA) is 67.5 Å². The van der Waals surface area contributed by atoms with Crippen molar-refractivity contribution in [3.63, 3.8) is 0 Å². The van der Waals surface area contributed by atoms with Crippen molar-refractivity contribution in [3.8, 4) is 5.88 Å². The molecule has 1 aliphatic rings. The summed E-state index contributed by atoms with van der Waals surface area (Å²) in [5.41, 5.74) is 1.81. The normalized spacial score (nSPS) is 15.5. The van der Waals surface area contributed by atoms with Gasteiger partial charge in [0.2, 0.25) is 5.88 Å². The third-order valence-corrected chi connectivity index (χ3v) is 4.74. The first-order valence-corrected chi connectivity index (χ1v) is 8.99. The van der Waals surface area contributed by atoms with E-state index in [1.807, 2.05) is 30.3 Å². The summed E-state index contributed by atoms with van der Waals surface area (Å²) in [4.78, 5) is 17.7. The molecule has 136 valence electrons. The Bertz CT molecular complexity index is 825. The van der Waals surface area contributed by atoms with E-state index in [9.17, 15) is 0 Å². The van der Waals surface area contributed by atoms with Crippen molar-refractivity contribution in [2.75, 3.05) is 44.7 Å². The van der Waals surface area contributed by atoms with Gasteiger partial charge in [-0.2, -0.15) is 0 Å². The van der Waals surface area contributed by atoms with Crippen molar-refractivity contribution >= 4 is 16.9 Å². The minimum Gasteiger partial charge on any atom is -0.481 e. The Labute approximate surface area is 152 Å². The standard InChI is InChI=1S/C19H23N5O2/c1-25-19-13-17(20-14-21-19)24-11-9-23(10-12-24)8-4-7-18-22-15-5-2-3-6-16(15)26-18/h2-3,5-6,13-14H,4,7-12H2,1H3. The summed E-state index contributed by atoms with van der Waals surface area (Å²) in [6.07, 6.45) is 3.48. The number of rotatable bonds is 6. The molecule has 0 radical (unpaired) electrons.